The summed E-state index contributed by atoms with van der Waals surface area (Å²) in [6.07, 6.45) is 2.31. The van der Waals surface area contributed by atoms with Crippen LogP contribution in [0.2, 0.25) is 0 Å². The fraction of sp³-hybridized carbons (Fsp3) is 0.500. The maximum Gasteiger partial charge on any atom is 0.408 e. The molecule has 0 saturated carbocycles. The van der Waals surface area contributed by atoms with E-state index in [0.29, 0.717) is 36.6 Å². The molecule has 0 aliphatic carbocycles. The number of amides is 3. The molecule has 2 atom stereocenters. The van der Waals surface area contributed by atoms with Crippen molar-refractivity contribution in [1.82, 2.24) is 10.2 Å². The maximum absolute atomic E-state index is 14.1. The van der Waals surface area contributed by atoms with Crippen molar-refractivity contribution in [3.05, 3.63) is 59.2 Å². The van der Waals surface area contributed by atoms with E-state index in [1.54, 1.807) is 68.8 Å². The van der Waals surface area contributed by atoms with Gasteiger partial charge in [0.05, 0.1) is 7.11 Å². The zero-order chi connectivity index (χ0) is 29.2. The minimum atomic E-state index is -0.906. The molecule has 2 unspecified atom stereocenters. The highest BCUT2D eigenvalue weighted by Crippen LogP contribution is 2.29. The van der Waals surface area contributed by atoms with E-state index < -0.39 is 23.8 Å². The molecule has 0 spiro atoms. The molecular weight excluding hydrogens is 514 g/mol. The van der Waals surface area contributed by atoms with Crippen molar-refractivity contribution in [2.45, 2.75) is 72.1 Å². The third-order valence-electron chi connectivity index (χ3n) is 5.99. The van der Waals surface area contributed by atoms with Gasteiger partial charge in [0.1, 0.15) is 23.4 Å². The number of anilines is 1. The van der Waals surface area contributed by atoms with Gasteiger partial charge in [0.25, 0.3) is 5.91 Å². The second-order valence-corrected chi connectivity index (χ2v) is 11.5. The van der Waals surface area contributed by atoms with Crippen LogP contribution in [0.15, 0.2) is 42.5 Å². The number of carbonyl (C=O) groups excluding carboxylic acids is 3. The van der Waals surface area contributed by atoms with Gasteiger partial charge in [-0.15, -0.1) is 0 Å². The van der Waals surface area contributed by atoms with Crippen molar-refractivity contribution in [3.63, 3.8) is 0 Å². The smallest absolute Gasteiger partial charge is 0.408 e. The van der Waals surface area contributed by atoms with E-state index in [1.165, 1.54) is 0 Å². The van der Waals surface area contributed by atoms with Crippen LogP contribution < -0.4 is 15.4 Å². The Morgan fingerprint density at radius 1 is 1.05 bits per heavy atom. The second-order valence-electron chi connectivity index (χ2n) is 10.5. The van der Waals surface area contributed by atoms with Crippen molar-refractivity contribution in [2.75, 3.05) is 31.0 Å². The summed E-state index contributed by atoms with van der Waals surface area (Å²) in [5.74, 6) is 0.661. The van der Waals surface area contributed by atoms with Crippen molar-refractivity contribution in [1.29, 1.82) is 0 Å². The summed E-state index contributed by atoms with van der Waals surface area (Å²) >= 11 is 1.58. The summed E-state index contributed by atoms with van der Waals surface area (Å²) in [5.41, 5.74) is 2.49. The van der Waals surface area contributed by atoms with E-state index >= 15 is 0 Å². The van der Waals surface area contributed by atoms with Gasteiger partial charge in [-0.3, -0.25) is 9.59 Å². The number of aryl methyl sites for hydroxylation is 2. The summed E-state index contributed by atoms with van der Waals surface area (Å²) in [4.78, 5) is 42.4. The van der Waals surface area contributed by atoms with E-state index in [0.717, 1.165) is 16.7 Å². The Kier molecular flexibility index (Phi) is 12.2. The highest BCUT2D eigenvalue weighted by molar-refractivity contribution is 7.98. The van der Waals surface area contributed by atoms with Crippen LogP contribution in [0.3, 0.4) is 0 Å². The highest BCUT2D eigenvalue weighted by Gasteiger charge is 2.36. The lowest BCUT2D eigenvalue weighted by Gasteiger charge is -2.35. The van der Waals surface area contributed by atoms with E-state index in [-0.39, 0.29) is 11.8 Å². The van der Waals surface area contributed by atoms with E-state index in [9.17, 15) is 14.4 Å². The average Bonchev–Trinajstić information content (AvgIpc) is 2.87. The molecule has 0 aliphatic rings. The Morgan fingerprint density at radius 2 is 1.72 bits per heavy atom. The van der Waals surface area contributed by atoms with E-state index in [1.807, 2.05) is 45.2 Å². The molecule has 0 fully saturated rings. The minimum absolute atomic E-state index is 0.326. The Bertz CT molecular complexity index is 1110. The first-order chi connectivity index (χ1) is 18.4. The number of nitrogens with zero attached hydrogens (tertiary/aromatic N) is 1. The molecule has 214 valence electrons. The number of alkyl carbamates (subject to hydrolysis) is 1. The largest absolute Gasteiger partial charge is 0.497 e. The van der Waals surface area contributed by atoms with Gasteiger partial charge < -0.3 is 25.0 Å². The topological polar surface area (TPSA) is 97.0 Å². The number of hydrogen-bond acceptors (Lipinski definition) is 6. The number of nitrogens with one attached hydrogen (secondary N) is 2. The monoisotopic (exact) mass is 557 g/mol. The number of hydrogen-bond donors (Lipinski definition) is 2. The molecule has 8 nitrogen and oxygen atoms in total. The Balaban J connectivity index is 2.52. The van der Waals surface area contributed by atoms with Crippen LogP contribution >= 0.6 is 11.8 Å². The summed E-state index contributed by atoms with van der Waals surface area (Å²) < 4.78 is 10.7. The Morgan fingerprint density at radius 3 is 2.28 bits per heavy atom. The third-order valence-corrected chi connectivity index (χ3v) is 6.64. The molecule has 2 N–H and O–H groups in total. The van der Waals surface area contributed by atoms with Crippen molar-refractivity contribution >= 4 is 35.4 Å². The molecule has 2 aromatic carbocycles. The number of benzene rings is 2. The molecule has 9 heteroatoms. The van der Waals surface area contributed by atoms with E-state index in [2.05, 4.69) is 10.6 Å². The quantitative estimate of drug-likeness (QED) is 0.338. The number of carbonyl (C=O) groups is 3. The molecule has 0 aromatic heterocycles. The molecule has 3 amide bonds. The number of thioether (sulfide) groups is 1. The number of methoxy groups -OCH3 is 1. The summed E-state index contributed by atoms with van der Waals surface area (Å²) in [6.45, 7) is 11.5. The van der Waals surface area contributed by atoms with Gasteiger partial charge in [0, 0.05) is 12.2 Å². The average molecular weight is 558 g/mol. The zero-order valence-electron chi connectivity index (χ0n) is 24.4. The molecule has 0 aliphatic heterocycles. The lowest BCUT2D eigenvalue weighted by atomic mass is 9.95. The predicted molar refractivity (Wildman–Crippen MR) is 158 cm³/mol. The SMILES string of the molecule is CCCN(C(=O)C(CCSC)NC(=O)OC(C)(C)C)C(C(=O)Nc1ccc(OC)cc1)c1cc(C)ccc1C. The first-order valence-corrected chi connectivity index (χ1v) is 14.6. The first kappa shape index (κ1) is 32.0. The van der Waals surface area contributed by atoms with Crippen molar-refractivity contribution < 1.29 is 23.9 Å². The molecule has 2 aromatic rings. The number of rotatable bonds is 12. The molecule has 0 bridgehead atoms. The van der Waals surface area contributed by atoms with Gasteiger partial charge in [-0.1, -0.05) is 30.7 Å². The minimum Gasteiger partial charge on any atom is -0.497 e. The third kappa shape index (κ3) is 9.80. The van der Waals surface area contributed by atoms with Crippen LogP contribution in [-0.2, 0) is 14.3 Å². The van der Waals surface area contributed by atoms with Gasteiger partial charge in [-0.05, 0) is 94.9 Å². The van der Waals surface area contributed by atoms with Crippen LogP contribution in [0.25, 0.3) is 0 Å². The van der Waals surface area contributed by atoms with Crippen LogP contribution in [0.4, 0.5) is 10.5 Å². The molecule has 0 radical (unpaired) electrons. The second kappa shape index (κ2) is 14.8. The Labute approximate surface area is 237 Å². The van der Waals surface area contributed by atoms with E-state index in [4.69, 9.17) is 9.47 Å². The van der Waals surface area contributed by atoms with Crippen molar-refractivity contribution in [2.24, 2.45) is 0 Å². The standard InChI is InChI=1S/C30H43N3O5S/c1-9-17-33(28(35)25(16-18-39-8)32-29(36)38-30(4,5)6)26(24-19-20(2)10-11-21(24)3)27(34)31-22-12-14-23(37-7)15-13-22/h10-15,19,25-26H,9,16-18H2,1-8H3,(H,31,34)(H,32,36). The molecule has 2 rings (SSSR count). The van der Waals surface area contributed by atoms with Gasteiger partial charge in [0.2, 0.25) is 5.91 Å². The van der Waals surface area contributed by atoms with Gasteiger partial charge in [-0.25, -0.2) is 4.79 Å². The zero-order valence-corrected chi connectivity index (χ0v) is 25.2. The fourth-order valence-electron chi connectivity index (χ4n) is 4.14. The van der Waals surface area contributed by atoms with Crippen LogP contribution in [0.5, 0.6) is 5.75 Å². The van der Waals surface area contributed by atoms with Gasteiger partial charge in [-0.2, -0.15) is 11.8 Å². The fourth-order valence-corrected chi connectivity index (χ4v) is 4.61. The highest BCUT2D eigenvalue weighted by atomic mass is 32.2. The summed E-state index contributed by atoms with van der Waals surface area (Å²) in [6, 6.07) is 11.2. The van der Waals surface area contributed by atoms with Gasteiger partial charge in [0.15, 0.2) is 0 Å². The van der Waals surface area contributed by atoms with Crippen LogP contribution in [-0.4, -0.2) is 60.1 Å². The lowest BCUT2D eigenvalue weighted by molar-refractivity contribution is -0.140. The number of ether oxygens (including phenoxy) is 2. The predicted octanol–water partition coefficient (Wildman–Crippen LogP) is 5.88. The summed E-state index contributed by atoms with van der Waals surface area (Å²) in [5, 5.41) is 5.75. The van der Waals surface area contributed by atoms with Crippen molar-refractivity contribution in [3.8, 4) is 5.75 Å². The van der Waals surface area contributed by atoms with Crippen LogP contribution in [0, 0.1) is 13.8 Å². The molecule has 0 heterocycles. The molecule has 0 saturated heterocycles. The maximum atomic E-state index is 14.1. The van der Waals surface area contributed by atoms with Gasteiger partial charge >= 0.3 is 6.09 Å². The summed E-state index contributed by atoms with van der Waals surface area (Å²) in [7, 11) is 1.58. The first-order valence-electron chi connectivity index (χ1n) is 13.2. The van der Waals surface area contributed by atoms with Crippen LogP contribution in [0.1, 0.15) is 63.3 Å². The normalized spacial score (nSPS) is 12.7. The lowest BCUT2D eigenvalue weighted by Crippen LogP contribution is -2.53. The molecular formula is C30H43N3O5S. The molecule has 39 heavy (non-hydrogen) atoms. The Hall–Kier alpha value is -3.20.